The lowest BCUT2D eigenvalue weighted by Crippen LogP contribution is -2.44. The van der Waals surface area contributed by atoms with Gasteiger partial charge in [0.05, 0.1) is 0 Å². The summed E-state index contributed by atoms with van der Waals surface area (Å²) < 4.78 is 1.62. The molecule has 0 saturated carbocycles. The van der Waals surface area contributed by atoms with Crippen LogP contribution in [0.15, 0.2) is 57.1 Å². The predicted molar refractivity (Wildman–Crippen MR) is 121 cm³/mol. The molecule has 0 radical (unpaired) electrons. The minimum Gasteiger partial charge on any atom is -0.382 e. The Morgan fingerprint density at radius 2 is 1.83 bits per heavy atom. The largest absolute Gasteiger partial charge is 0.382 e. The van der Waals surface area contributed by atoms with Gasteiger partial charge in [-0.1, -0.05) is 55.1 Å². The van der Waals surface area contributed by atoms with Gasteiger partial charge >= 0.3 is 0 Å². The Morgan fingerprint density at radius 3 is 2.55 bits per heavy atom. The van der Waals surface area contributed by atoms with Crippen LogP contribution in [-0.4, -0.2) is 29.2 Å². The SMILES string of the molecule is Cn1c(N2CCC(C)(CN)CC2)nc(N)c(Sc2cccc3ccccc23)c1=O. The first-order chi connectivity index (χ1) is 13.9. The molecule has 3 aromatic rings. The summed E-state index contributed by atoms with van der Waals surface area (Å²) in [6.45, 7) is 4.54. The monoisotopic (exact) mass is 409 g/mol. The van der Waals surface area contributed by atoms with Crippen LogP contribution in [-0.2, 0) is 7.05 Å². The molecule has 6 nitrogen and oxygen atoms in total. The van der Waals surface area contributed by atoms with Gasteiger partial charge in [0.25, 0.3) is 5.56 Å². The summed E-state index contributed by atoms with van der Waals surface area (Å²) in [6.07, 6.45) is 1.96. The molecule has 1 aliphatic rings. The molecule has 1 aliphatic heterocycles. The summed E-state index contributed by atoms with van der Waals surface area (Å²) in [5.41, 5.74) is 12.2. The van der Waals surface area contributed by atoms with E-state index < -0.39 is 0 Å². The van der Waals surface area contributed by atoms with Crippen molar-refractivity contribution in [1.29, 1.82) is 0 Å². The lowest BCUT2D eigenvalue weighted by Gasteiger charge is -2.39. The number of nitrogens with zero attached hydrogens (tertiary/aromatic N) is 3. The van der Waals surface area contributed by atoms with E-state index in [1.54, 1.807) is 11.6 Å². The summed E-state index contributed by atoms with van der Waals surface area (Å²) >= 11 is 1.39. The topological polar surface area (TPSA) is 90.2 Å². The molecular formula is C22H27N5OS. The first-order valence-electron chi connectivity index (χ1n) is 9.89. The third-order valence-electron chi connectivity index (χ3n) is 5.96. The van der Waals surface area contributed by atoms with Gasteiger partial charge in [0, 0.05) is 25.0 Å². The number of nitrogens with two attached hydrogens (primary N) is 2. The van der Waals surface area contributed by atoms with Gasteiger partial charge in [0.15, 0.2) is 0 Å². The van der Waals surface area contributed by atoms with Gasteiger partial charge in [0.1, 0.15) is 10.7 Å². The Labute approximate surface area is 174 Å². The highest BCUT2D eigenvalue weighted by atomic mass is 32.2. The minimum absolute atomic E-state index is 0.113. The molecule has 152 valence electrons. The Hall–Kier alpha value is -2.51. The third kappa shape index (κ3) is 3.72. The molecule has 0 atom stereocenters. The zero-order chi connectivity index (χ0) is 20.6. The Morgan fingerprint density at radius 1 is 1.14 bits per heavy atom. The number of rotatable bonds is 4. The third-order valence-corrected chi connectivity index (χ3v) is 7.12. The average Bonchev–Trinajstić information content (AvgIpc) is 2.74. The maximum absolute atomic E-state index is 13.2. The molecular weight excluding hydrogens is 382 g/mol. The highest BCUT2D eigenvalue weighted by molar-refractivity contribution is 7.99. The molecule has 7 heteroatoms. The van der Waals surface area contributed by atoms with Crippen molar-refractivity contribution < 1.29 is 0 Å². The van der Waals surface area contributed by atoms with Crippen molar-refractivity contribution in [3.8, 4) is 0 Å². The van der Waals surface area contributed by atoms with E-state index in [-0.39, 0.29) is 16.8 Å². The van der Waals surface area contributed by atoms with Crippen molar-refractivity contribution in [1.82, 2.24) is 9.55 Å². The van der Waals surface area contributed by atoms with Gasteiger partial charge in [-0.25, -0.2) is 0 Å². The maximum Gasteiger partial charge on any atom is 0.270 e. The summed E-state index contributed by atoms with van der Waals surface area (Å²) in [7, 11) is 1.77. The molecule has 4 N–H and O–H groups in total. The second kappa shape index (κ2) is 7.72. The molecule has 4 rings (SSSR count). The fourth-order valence-corrected chi connectivity index (χ4v) is 4.85. The fourth-order valence-electron chi connectivity index (χ4n) is 3.81. The molecule has 0 aliphatic carbocycles. The number of hydrogen-bond acceptors (Lipinski definition) is 6. The van der Waals surface area contributed by atoms with Crippen LogP contribution in [0.1, 0.15) is 19.8 Å². The van der Waals surface area contributed by atoms with Gasteiger partial charge in [-0.15, -0.1) is 0 Å². The molecule has 2 aromatic carbocycles. The van der Waals surface area contributed by atoms with E-state index in [1.165, 1.54) is 11.8 Å². The maximum atomic E-state index is 13.2. The Balaban J connectivity index is 1.67. The zero-order valence-corrected chi connectivity index (χ0v) is 17.7. The van der Waals surface area contributed by atoms with Crippen molar-refractivity contribution in [2.24, 2.45) is 18.2 Å². The summed E-state index contributed by atoms with van der Waals surface area (Å²) in [5, 5.41) is 2.23. The summed E-state index contributed by atoms with van der Waals surface area (Å²) in [4.78, 5) is 21.4. The van der Waals surface area contributed by atoms with Crippen LogP contribution in [0.3, 0.4) is 0 Å². The molecule has 0 bridgehead atoms. The fraction of sp³-hybridized carbons (Fsp3) is 0.364. The standard InChI is InChI=1S/C22H27N5OS/c1-22(14-23)10-12-27(13-11-22)21-25-19(24)18(20(28)26(21)2)29-17-9-5-7-15-6-3-4-8-16(15)17/h3-9H,10-14,23-24H2,1-2H3. The van der Waals surface area contributed by atoms with E-state index in [2.05, 4.69) is 35.0 Å². The van der Waals surface area contributed by atoms with Crippen LogP contribution in [0.5, 0.6) is 0 Å². The molecule has 0 spiro atoms. The molecule has 1 aromatic heterocycles. The van der Waals surface area contributed by atoms with E-state index in [0.717, 1.165) is 41.6 Å². The van der Waals surface area contributed by atoms with Gasteiger partial charge in [-0.3, -0.25) is 9.36 Å². The van der Waals surface area contributed by atoms with Crippen LogP contribution < -0.4 is 21.9 Å². The molecule has 0 unspecified atom stereocenters. The minimum atomic E-state index is -0.113. The van der Waals surface area contributed by atoms with Crippen molar-refractivity contribution in [3.05, 3.63) is 52.8 Å². The average molecular weight is 410 g/mol. The molecule has 29 heavy (non-hydrogen) atoms. The number of aromatic nitrogens is 2. The van der Waals surface area contributed by atoms with Crippen LogP contribution >= 0.6 is 11.8 Å². The highest BCUT2D eigenvalue weighted by Gasteiger charge is 2.30. The van der Waals surface area contributed by atoms with Gasteiger partial charge in [-0.05, 0) is 41.6 Å². The molecule has 2 heterocycles. The number of piperidine rings is 1. The van der Waals surface area contributed by atoms with Crippen LogP contribution in [0.4, 0.5) is 11.8 Å². The van der Waals surface area contributed by atoms with Crippen LogP contribution in [0, 0.1) is 5.41 Å². The second-order valence-corrected chi connectivity index (χ2v) is 9.12. The number of benzene rings is 2. The summed E-state index contributed by atoms with van der Waals surface area (Å²) in [5.74, 6) is 0.919. The molecule has 1 saturated heterocycles. The van der Waals surface area contributed by atoms with Gasteiger partial charge in [-0.2, -0.15) is 4.98 Å². The second-order valence-electron chi connectivity index (χ2n) is 8.07. The van der Waals surface area contributed by atoms with E-state index >= 15 is 0 Å². The Bertz CT molecular complexity index is 1100. The number of fused-ring (bicyclic) bond motifs is 1. The predicted octanol–water partition coefficient (Wildman–Crippen LogP) is 3.23. The van der Waals surface area contributed by atoms with Crippen molar-refractivity contribution in [3.63, 3.8) is 0 Å². The van der Waals surface area contributed by atoms with Crippen molar-refractivity contribution in [2.75, 3.05) is 30.3 Å². The van der Waals surface area contributed by atoms with E-state index in [9.17, 15) is 4.79 Å². The van der Waals surface area contributed by atoms with E-state index in [0.29, 0.717) is 17.4 Å². The normalized spacial score (nSPS) is 16.3. The number of nitrogen functional groups attached to an aromatic ring is 1. The van der Waals surface area contributed by atoms with Crippen molar-refractivity contribution in [2.45, 2.75) is 29.6 Å². The lowest BCUT2D eigenvalue weighted by molar-refractivity contribution is 0.256. The number of anilines is 2. The summed E-state index contributed by atoms with van der Waals surface area (Å²) in [6, 6.07) is 14.2. The Kier molecular flexibility index (Phi) is 5.27. The zero-order valence-electron chi connectivity index (χ0n) is 16.9. The van der Waals surface area contributed by atoms with E-state index in [4.69, 9.17) is 11.5 Å². The van der Waals surface area contributed by atoms with Crippen LogP contribution in [0.25, 0.3) is 10.8 Å². The van der Waals surface area contributed by atoms with E-state index in [1.807, 2.05) is 24.3 Å². The first-order valence-corrected chi connectivity index (χ1v) is 10.7. The highest BCUT2D eigenvalue weighted by Crippen LogP contribution is 2.35. The van der Waals surface area contributed by atoms with Gasteiger partial charge < -0.3 is 16.4 Å². The quantitative estimate of drug-likeness (QED) is 0.688. The van der Waals surface area contributed by atoms with Crippen LogP contribution in [0.2, 0.25) is 0 Å². The first kappa shape index (κ1) is 19.8. The number of hydrogen-bond donors (Lipinski definition) is 2. The van der Waals surface area contributed by atoms with Gasteiger partial charge in [0.2, 0.25) is 5.95 Å². The smallest absolute Gasteiger partial charge is 0.270 e. The molecule has 0 amide bonds. The lowest BCUT2D eigenvalue weighted by atomic mass is 9.81. The van der Waals surface area contributed by atoms with Crippen molar-refractivity contribution >= 4 is 34.3 Å². The molecule has 1 fully saturated rings.